The lowest BCUT2D eigenvalue weighted by molar-refractivity contribution is -0.132. The Labute approximate surface area is 206 Å². The highest BCUT2D eigenvalue weighted by Gasteiger charge is 2.27. The largest absolute Gasteiger partial charge is 0.366 e. The van der Waals surface area contributed by atoms with Crippen LogP contribution < -0.4 is 15.8 Å². The van der Waals surface area contributed by atoms with Gasteiger partial charge in [0, 0.05) is 49.3 Å². The predicted molar refractivity (Wildman–Crippen MR) is 130 cm³/mol. The van der Waals surface area contributed by atoms with Crippen molar-refractivity contribution < 1.29 is 22.8 Å². The van der Waals surface area contributed by atoms with E-state index in [2.05, 4.69) is 26.9 Å². The smallest absolute Gasteiger partial charge is 0.317 e. The zero-order valence-corrected chi connectivity index (χ0v) is 19.6. The molecule has 1 unspecified atom stereocenters. The lowest BCUT2D eigenvalue weighted by Gasteiger charge is -2.42. The quantitative estimate of drug-likeness (QED) is 0.512. The van der Waals surface area contributed by atoms with Crippen molar-refractivity contribution in [1.82, 2.24) is 20.7 Å². The van der Waals surface area contributed by atoms with Gasteiger partial charge in [-0.05, 0) is 60.5 Å². The highest BCUT2D eigenvalue weighted by Crippen LogP contribution is 2.27. The number of halogens is 3. The minimum atomic E-state index is -3.27. The minimum Gasteiger partial charge on any atom is -0.366 e. The molecular formula is C26H26F3N5O2. The van der Waals surface area contributed by atoms with E-state index in [1.807, 2.05) is 42.9 Å². The number of amides is 2. The summed E-state index contributed by atoms with van der Waals surface area (Å²) in [6.07, 6.45) is 0.681. The molecular weight excluding hydrogens is 471 g/mol. The Morgan fingerprint density at radius 3 is 2.50 bits per heavy atom. The van der Waals surface area contributed by atoms with Gasteiger partial charge in [-0.2, -0.15) is 8.78 Å². The van der Waals surface area contributed by atoms with Crippen LogP contribution >= 0.6 is 0 Å². The molecule has 1 fully saturated rings. The van der Waals surface area contributed by atoms with Gasteiger partial charge in [0.1, 0.15) is 5.82 Å². The van der Waals surface area contributed by atoms with Gasteiger partial charge in [-0.25, -0.2) is 4.39 Å². The molecule has 1 saturated heterocycles. The second-order valence-electron chi connectivity index (χ2n) is 8.65. The molecule has 0 spiro atoms. The third-order valence-electron chi connectivity index (χ3n) is 6.15. The summed E-state index contributed by atoms with van der Waals surface area (Å²) in [7, 11) is 2.02. The number of nitrogens with one attached hydrogen (secondary N) is 2. The molecule has 36 heavy (non-hydrogen) atoms. The first-order valence-electron chi connectivity index (χ1n) is 11.4. The first-order valence-corrected chi connectivity index (χ1v) is 11.4. The van der Waals surface area contributed by atoms with Crippen LogP contribution in [0.2, 0.25) is 0 Å². The number of pyridine rings is 1. The van der Waals surface area contributed by atoms with Gasteiger partial charge in [0.05, 0.1) is 0 Å². The fraction of sp³-hybridized carbons (Fsp3) is 0.269. The molecule has 188 valence electrons. The molecule has 0 bridgehead atoms. The Morgan fingerprint density at radius 1 is 1.06 bits per heavy atom. The van der Waals surface area contributed by atoms with Crippen LogP contribution in [0.1, 0.15) is 15.9 Å². The lowest BCUT2D eigenvalue weighted by atomic mass is 9.99. The molecule has 7 nitrogen and oxygen atoms in total. The van der Waals surface area contributed by atoms with Crippen molar-refractivity contribution in [3.8, 4) is 11.1 Å². The lowest BCUT2D eigenvalue weighted by Crippen LogP contribution is -2.53. The number of piperazine rings is 1. The van der Waals surface area contributed by atoms with E-state index in [0.717, 1.165) is 42.5 Å². The Hall–Kier alpha value is -3.92. The molecule has 2 amide bonds. The maximum atomic E-state index is 14.9. The van der Waals surface area contributed by atoms with Crippen molar-refractivity contribution in [2.24, 2.45) is 0 Å². The monoisotopic (exact) mass is 497 g/mol. The third-order valence-corrected chi connectivity index (χ3v) is 6.15. The Balaban J connectivity index is 1.47. The third kappa shape index (κ3) is 6.01. The van der Waals surface area contributed by atoms with E-state index in [0.29, 0.717) is 12.0 Å². The fourth-order valence-corrected chi connectivity index (χ4v) is 4.26. The van der Waals surface area contributed by atoms with Crippen LogP contribution in [0.15, 0.2) is 67.0 Å². The number of carbonyl (C=O) groups excluding carboxylic acids is 2. The highest BCUT2D eigenvalue weighted by molar-refractivity contribution is 5.95. The molecule has 0 radical (unpaired) electrons. The summed E-state index contributed by atoms with van der Waals surface area (Å²) >= 11 is 0. The van der Waals surface area contributed by atoms with Crippen molar-refractivity contribution in [2.75, 3.05) is 31.6 Å². The molecule has 1 aliphatic heterocycles. The molecule has 4 rings (SSSR count). The Morgan fingerprint density at radius 2 is 1.83 bits per heavy atom. The van der Waals surface area contributed by atoms with Crippen LogP contribution in [0.25, 0.3) is 11.1 Å². The molecule has 2 N–H and O–H groups in total. The van der Waals surface area contributed by atoms with E-state index in [9.17, 15) is 22.8 Å². The molecule has 2 aromatic carbocycles. The zero-order valence-electron chi connectivity index (χ0n) is 19.6. The maximum Gasteiger partial charge on any atom is 0.317 e. The van der Waals surface area contributed by atoms with Crippen LogP contribution in [-0.2, 0) is 11.2 Å². The van der Waals surface area contributed by atoms with Crippen molar-refractivity contribution in [1.29, 1.82) is 0 Å². The zero-order chi connectivity index (χ0) is 25.7. The van der Waals surface area contributed by atoms with E-state index in [-0.39, 0.29) is 11.6 Å². The molecule has 10 heteroatoms. The number of benzene rings is 2. The molecule has 2 heterocycles. The summed E-state index contributed by atoms with van der Waals surface area (Å²) in [4.78, 5) is 31.6. The van der Waals surface area contributed by atoms with Gasteiger partial charge >= 0.3 is 12.3 Å². The van der Waals surface area contributed by atoms with Gasteiger partial charge in [-0.3, -0.25) is 25.4 Å². The number of rotatable bonds is 6. The van der Waals surface area contributed by atoms with Gasteiger partial charge in [0.25, 0.3) is 5.91 Å². The van der Waals surface area contributed by atoms with Crippen molar-refractivity contribution >= 4 is 17.5 Å². The SMILES string of the molecule is CN1CCN(c2ccc(-c3cccnc3)cc2)C(Cc2ccc(C(=O)NNC(=O)C(F)F)cc2F)C1. The summed E-state index contributed by atoms with van der Waals surface area (Å²) in [5.41, 5.74) is 6.91. The molecule has 1 atom stereocenters. The van der Waals surface area contributed by atoms with Gasteiger partial charge < -0.3 is 9.80 Å². The molecule has 0 saturated carbocycles. The number of hydrogen-bond donors (Lipinski definition) is 2. The van der Waals surface area contributed by atoms with Gasteiger partial charge in [0.2, 0.25) is 0 Å². The van der Waals surface area contributed by atoms with E-state index < -0.39 is 24.1 Å². The van der Waals surface area contributed by atoms with Gasteiger partial charge in [-0.1, -0.05) is 24.3 Å². The fourth-order valence-electron chi connectivity index (χ4n) is 4.26. The van der Waals surface area contributed by atoms with E-state index >= 15 is 0 Å². The summed E-state index contributed by atoms with van der Waals surface area (Å²) < 4.78 is 39.5. The second-order valence-corrected chi connectivity index (χ2v) is 8.65. The topological polar surface area (TPSA) is 77.6 Å². The molecule has 0 aliphatic carbocycles. The predicted octanol–water partition coefficient (Wildman–Crippen LogP) is 3.28. The maximum absolute atomic E-state index is 14.9. The molecule has 3 aromatic rings. The Kier molecular flexibility index (Phi) is 7.84. The molecule has 1 aliphatic rings. The average Bonchev–Trinajstić information content (AvgIpc) is 2.89. The van der Waals surface area contributed by atoms with E-state index in [1.54, 1.807) is 11.6 Å². The number of anilines is 1. The summed E-state index contributed by atoms with van der Waals surface area (Å²) in [5, 5.41) is 0. The number of alkyl halides is 2. The van der Waals surface area contributed by atoms with Crippen LogP contribution in [0.4, 0.5) is 18.9 Å². The summed E-state index contributed by atoms with van der Waals surface area (Å²) in [5.74, 6) is -3.11. The van der Waals surface area contributed by atoms with Crippen molar-refractivity contribution in [3.63, 3.8) is 0 Å². The van der Waals surface area contributed by atoms with Crippen LogP contribution in [0.5, 0.6) is 0 Å². The normalized spacial score (nSPS) is 16.1. The van der Waals surface area contributed by atoms with Crippen LogP contribution in [0.3, 0.4) is 0 Å². The minimum absolute atomic E-state index is 0.00695. The van der Waals surface area contributed by atoms with Crippen LogP contribution in [-0.4, -0.2) is 60.8 Å². The number of hydrogen-bond acceptors (Lipinski definition) is 5. The summed E-state index contributed by atoms with van der Waals surface area (Å²) in [6.45, 7) is 2.37. The van der Waals surface area contributed by atoms with Gasteiger partial charge in [-0.15, -0.1) is 0 Å². The first-order chi connectivity index (χ1) is 17.3. The molecule has 1 aromatic heterocycles. The van der Waals surface area contributed by atoms with Gasteiger partial charge in [0.15, 0.2) is 0 Å². The average molecular weight is 498 g/mol. The second kappa shape index (κ2) is 11.2. The van der Waals surface area contributed by atoms with Crippen molar-refractivity contribution in [2.45, 2.75) is 18.9 Å². The number of hydrazine groups is 1. The number of aromatic nitrogens is 1. The Bertz CT molecular complexity index is 1210. The van der Waals surface area contributed by atoms with E-state index in [1.165, 1.54) is 12.1 Å². The highest BCUT2D eigenvalue weighted by atomic mass is 19.3. The number of nitrogens with zero attached hydrogens (tertiary/aromatic N) is 3. The van der Waals surface area contributed by atoms with Crippen molar-refractivity contribution in [3.05, 3.63) is 83.9 Å². The number of likely N-dealkylation sites (N-methyl/N-ethyl adjacent to an activating group) is 1. The first kappa shape index (κ1) is 25.2. The van der Waals surface area contributed by atoms with Crippen LogP contribution in [0, 0.1) is 5.82 Å². The van der Waals surface area contributed by atoms with E-state index in [4.69, 9.17) is 0 Å². The summed E-state index contributed by atoms with van der Waals surface area (Å²) in [6, 6.07) is 16.0. The number of carbonyl (C=O) groups is 2. The standard InChI is InChI=1S/C26H26F3N5O2/c1-33-11-12-34(21-8-6-17(7-9-21)20-3-2-10-30-15-20)22(16-33)13-18-4-5-19(14-23(18)27)25(35)31-32-26(36)24(28)29/h2-10,14-15,22,24H,11-13,16H2,1H3,(H,31,35)(H,32,36).